The molecule has 0 amide bonds. The molecule has 0 aromatic heterocycles. The highest BCUT2D eigenvalue weighted by molar-refractivity contribution is 8.00. The van der Waals surface area contributed by atoms with Crippen LogP contribution < -0.4 is 21.9 Å². The molecule has 0 fully saturated rings. The van der Waals surface area contributed by atoms with Crippen molar-refractivity contribution in [2.24, 2.45) is 0 Å². The van der Waals surface area contributed by atoms with Crippen LogP contribution in [-0.4, -0.2) is 27.7 Å². The average Bonchev–Trinajstić information content (AvgIpc) is 4.24. The summed E-state index contributed by atoms with van der Waals surface area (Å²) in [6, 6.07) is 56.7. The van der Waals surface area contributed by atoms with E-state index in [1.807, 2.05) is 97.1 Å². The third-order valence-electron chi connectivity index (χ3n) is 12.9. The molecular formula is C60H48B4N4O4S4. The first kappa shape index (κ1) is 54.0. The second-order valence-corrected chi connectivity index (χ2v) is 22.7. The number of hydrogen-bond donors (Lipinski definition) is 0. The van der Waals surface area contributed by atoms with Crippen LogP contribution in [0.25, 0.3) is 19.4 Å². The topological polar surface area (TPSA) is 54.4 Å². The number of fused-ring (bicyclic) bond motifs is 4. The minimum atomic E-state index is 0.185. The van der Waals surface area contributed by atoms with Gasteiger partial charge in [0.2, 0.25) is 0 Å². The fraction of sp³-hybridized carbons (Fsp3) is 0.133. The highest BCUT2D eigenvalue weighted by atomic mass is 32.2. The number of rotatable bonds is 8. The summed E-state index contributed by atoms with van der Waals surface area (Å²) in [4.78, 5) is 23.0. The van der Waals surface area contributed by atoms with Crippen molar-refractivity contribution >= 4 is 119 Å². The van der Waals surface area contributed by atoms with E-state index >= 15 is 0 Å². The van der Waals surface area contributed by atoms with Gasteiger partial charge in [-0.1, -0.05) is 196 Å². The molecule has 368 valence electrons. The molecule has 4 heterocycles. The van der Waals surface area contributed by atoms with E-state index in [4.69, 9.17) is 44.9 Å². The summed E-state index contributed by atoms with van der Waals surface area (Å²) >= 11 is 6.80. The minimum absolute atomic E-state index is 0.185. The quantitative estimate of drug-likeness (QED) is 0.110. The van der Waals surface area contributed by atoms with Gasteiger partial charge in [-0.2, -0.15) is 0 Å². The molecule has 4 aliphatic rings. The summed E-state index contributed by atoms with van der Waals surface area (Å²) in [5.41, 5.74) is 13.0. The van der Waals surface area contributed by atoms with Gasteiger partial charge in [-0.05, 0) is 92.6 Å². The van der Waals surface area contributed by atoms with Crippen LogP contribution in [-0.2, 0) is 45.0 Å². The van der Waals surface area contributed by atoms with Crippen LogP contribution >= 0.6 is 47.0 Å². The van der Waals surface area contributed by atoms with Gasteiger partial charge in [0.05, 0.1) is 52.7 Å². The Kier molecular flexibility index (Phi) is 18.4. The van der Waals surface area contributed by atoms with Crippen LogP contribution in [0.4, 0.5) is 22.7 Å². The Morgan fingerprint density at radius 3 is 0.987 bits per heavy atom. The lowest BCUT2D eigenvalue weighted by Crippen LogP contribution is -2.24. The lowest BCUT2D eigenvalue weighted by molar-refractivity contribution is 0.333. The van der Waals surface area contributed by atoms with Crippen molar-refractivity contribution in [3.05, 3.63) is 238 Å². The molecule has 0 spiro atoms. The van der Waals surface area contributed by atoms with Crippen LogP contribution in [0, 0.1) is 26.3 Å². The zero-order chi connectivity index (χ0) is 53.0. The van der Waals surface area contributed by atoms with Crippen molar-refractivity contribution in [3.8, 4) is 0 Å². The Hall–Kier alpha value is -6.78. The van der Waals surface area contributed by atoms with Gasteiger partial charge in [0.15, 0.2) is 22.7 Å². The molecule has 4 aliphatic heterocycles. The van der Waals surface area contributed by atoms with Crippen molar-refractivity contribution in [1.29, 1.82) is 0 Å². The highest BCUT2D eigenvalue weighted by Gasteiger charge is 2.26. The van der Waals surface area contributed by atoms with E-state index < -0.39 is 0 Å². The Bertz CT molecular complexity index is 3560. The fourth-order valence-electron chi connectivity index (χ4n) is 8.80. The van der Waals surface area contributed by atoms with E-state index in [1.54, 1.807) is 47.0 Å². The molecule has 0 unspecified atom stereocenters. The van der Waals surface area contributed by atoms with Crippen molar-refractivity contribution < 1.29 is 18.6 Å². The van der Waals surface area contributed by atoms with Gasteiger partial charge in [-0.3, -0.25) is 0 Å². The largest absolute Gasteiger partial charge is 0.427 e. The Labute approximate surface area is 465 Å². The van der Waals surface area contributed by atoms with Gasteiger partial charge in [0, 0.05) is 39.2 Å². The van der Waals surface area contributed by atoms with Crippen LogP contribution in [0.1, 0.15) is 22.3 Å². The molecular weight excluding hydrogens is 1010 g/mol. The van der Waals surface area contributed by atoms with Crippen LogP contribution in [0.5, 0.6) is 0 Å². The first-order valence-electron chi connectivity index (χ1n) is 24.6. The molecule has 76 heavy (non-hydrogen) atoms. The van der Waals surface area contributed by atoms with Gasteiger partial charge >= 0.3 is 27.7 Å². The highest BCUT2D eigenvalue weighted by Crippen LogP contribution is 2.34. The Balaban J connectivity index is 0.000000124. The fourth-order valence-corrected chi connectivity index (χ4v) is 12.4. The average molecular weight is 1060 g/mol. The maximum atomic E-state index is 7.05. The third-order valence-corrected chi connectivity index (χ3v) is 16.9. The number of nitrogens with zero attached hydrogens (tertiary/aromatic N) is 4. The lowest BCUT2D eigenvalue weighted by atomic mass is 9.64. The molecule has 8 nitrogen and oxygen atoms in total. The SMILES string of the molecule is [C-]#[N+]c1ccc(Sc2ccc3c(c2)B(C)OC3)cc1.[C-]#[N+]c1ccc(Sc2ccc3c(c2)COB3C)cc1.[C-]#[N+]c1cccc(Sc2ccc3c(c2)B(C)OC3)c1.[C-]#[N+]c1cccc(Sc2ccc3c(c2)COB3C)c1. The summed E-state index contributed by atoms with van der Waals surface area (Å²) in [5.74, 6) is 0. The van der Waals surface area contributed by atoms with E-state index in [0.29, 0.717) is 42.6 Å². The monoisotopic (exact) mass is 1060 g/mol. The molecule has 0 aliphatic carbocycles. The van der Waals surface area contributed by atoms with Crippen LogP contribution in [0.15, 0.2) is 209 Å². The van der Waals surface area contributed by atoms with Crippen molar-refractivity contribution in [2.75, 3.05) is 0 Å². The van der Waals surface area contributed by atoms with Gasteiger partial charge < -0.3 is 18.6 Å². The predicted octanol–water partition coefficient (Wildman–Crippen LogP) is 15.0. The standard InChI is InChI=1S/4C15H12BNOS/c1-16-15-9-14(6-3-11(15)10-18-16)19-13-7-4-12(17-2)5-8-13;1-16-15-8-7-14(9-11(15)10-18-16)19-13-5-3-12(17-2)4-6-13;1-16-15-7-6-14(8-11(15)10-18-16)19-13-5-3-4-12(9-13)17-2;1-16-15-9-14(7-6-11(15)10-18-16)19-13-5-3-4-12(8-13)17-2/h4*3-9H,10H2,1H3. The normalized spacial score (nSPS) is 13.2. The molecule has 0 N–H and O–H groups in total. The van der Waals surface area contributed by atoms with Crippen LogP contribution in [0.2, 0.25) is 27.3 Å². The maximum Gasteiger partial charge on any atom is 0.324 e. The predicted molar refractivity (Wildman–Crippen MR) is 317 cm³/mol. The minimum Gasteiger partial charge on any atom is -0.427 e. The molecule has 0 atom stereocenters. The molecule has 0 saturated carbocycles. The van der Waals surface area contributed by atoms with E-state index in [-0.39, 0.29) is 27.7 Å². The molecule has 0 bridgehead atoms. The summed E-state index contributed by atoms with van der Waals surface area (Å²) < 4.78 is 22.5. The van der Waals surface area contributed by atoms with E-state index in [1.165, 1.54) is 63.7 Å². The first-order chi connectivity index (χ1) is 37.0. The third kappa shape index (κ3) is 14.0. The summed E-state index contributed by atoms with van der Waals surface area (Å²) in [7, 11) is 0. The zero-order valence-electron chi connectivity index (χ0n) is 42.4. The molecule has 12 rings (SSSR count). The van der Waals surface area contributed by atoms with Gasteiger partial charge in [-0.15, -0.1) is 0 Å². The number of benzene rings is 8. The molecule has 8 aromatic rings. The molecule has 0 radical (unpaired) electrons. The Morgan fingerprint density at radius 2 is 0.605 bits per heavy atom. The smallest absolute Gasteiger partial charge is 0.324 e. The van der Waals surface area contributed by atoms with Gasteiger partial charge in [0.25, 0.3) is 0 Å². The maximum absolute atomic E-state index is 7.05. The van der Waals surface area contributed by atoms with Crippen molar-refractivity contribution in [1.82, 2.24) is 0 Å². The van der Waals surface area contributed by atoms with E-state index in [9.17, 15) is 0 Å². The second kappa shape index (κ2) is 25.8. The summed E-state index contributed by atoms with van der Waals surface area (Å²) in [5, 5.41) is 0. The van der Waals surface area contributed by atoms with Crippen LogP contribution in [0.3, 0.4) is 0 Å². The Morgan fingerprint density at radius 1 is 0.303 bits per heavy atom. The van der Waals surface area contributed by atoms with Gasteiger partial charge in [-0.25, -0.2) is 19.4 Å². The molecule has 16 heteroatoms. The molecule has 8 aromatic carbocycles. The van der Waals surface area contributed by atoms with E-state index in [2.05, 4.69) is 119 Å². The van der Waals surface area contributed by atoms with Gasteiger partial charge in [0.1, 0.15) is 0 Å². The number of hydrogen-bond acceptors (Lipinski definition) is 8. The lowest BCUT2D eigenvalue weighted by Gasteiger charge is -2.05. The van der Waals surface area contributed by atoms with Crippen molar-refractivity contribution in [2.45, 2.75) is 92.9 Å². The molecule has 0 saturated heterocycles. The first-order valence-corrected chi connectivity index (χ1v) is 27.9. The second-order valence-electron chi connectivity index (χ2n) is 18.1. The van der Waals surface area contributed by atoms with Crippen molar-refractivity contribution in [3.63, 3.8) is 0 Å². The van der Waals surface area contributed by atoms with E-state index in [0.717, 1.165) is 26.2 Å². The zero-order valence-corrected chi connectivity index (χ0v) is 45.6. The summed E-state index contributed by atoms with van der Waals surface area (Å²) in [6.45, 7) is 40.0. The summed E-state index contributed by atoms with van der Waals surface area (Å²) in [6.07, 6.45) is 0.